The molecule has 1 aromatic heterocycles. The second kappa shape index (κ2) is 4.01. The average Bonchev–Trinajstić information content (AvgIpc) is 2.52. The highest BCUT2D eigenvalue weighted by Gasteiger charge is 2.15. The molecule has 0 unspecified atom stereocenters. The Bertz CT molecular complexity index is 297. The largest absolute Gasteiger partial charge is 0.273 e. The number of aliphatic imine (C=N–C) groups is 1. The zero-order valence-corrected chi connectivity index (χ0v) is 7.90. The molecule has 0 amide bonds. The summed E-state index contributed by atoms with van der Waals surface area (Å²) >= 11 is 0. The molecule has 0 aliphatic carbocycles. The topological polar surface area (TPSA) is 47.2 Å². The first-order valence-electron chi connectivity index (χ1n) is 4.20. The first-order chi connectivity index (χ1) is 6.14. The van der Waals surface area contributed by atoms with Crippen LogP contribution in [0.15, 0.2) is 23.5 Å². The van der Waals surface area contributed by atoms with Gasteiger partial charge in [-0.1, -0.05) is 0 Å². The first kappa shape index (κ1) is 9.68. The van der Waals surface area contributed by atoms with E-state index in [4.69, 9.17) is 0 Å². The molecule has 0 aliphatic rings. The fraction of sp³-hybridized carbons (Fsp3) is 0.556. The Balaban J connectivity index is 2.46. The molecule has 1 rings (SSSR count). The predicted molar refractivity (Wildman–Crippen MR) is 49.0 cm³/mol. The lowest BCUT2D eigenvalue weighted by atomic mass is 10.0. The third-order valence-corrected chi connectivity index (χ3v) is 1.86. The smallest absolute Gasteiger partial charge is 0.235 e. The van der Waals surface area contributed by atoms with Gasteiger partial charge in [0, 0.05) is 18.9 Å². The number of nitrogens with zero attached hydrogens (tertiary/aromatic N) is 3. The van der Waals surface area contributed by atoms with Gasteiger partial charge in [-0.2, -0.15) is 10.1 Å². The van der Waals surface area contributed by atoms with Crippen LogP contribution in [0, 0.1) is 0 Å². The lowest BCUT2D eigenvalue weighted by molar-refractivity contribution is 0.419. The molecule has 0 spiro atoms. The number of carbonyl (C=O) groups excluding carboxylic acids is 1. The predicted octanol–water partition coefficient (Wildman–Crippen LogP) is 1.39. The van der Waals surface area contributed by atoms with Gasteiger partial charge in [0.15, 0.2) is 0 Å². The van der Waals surface area contributed by atoms with Crippen LogP contribution in [0.5, 0.6) is 0 Å². The zero-order valence-electron chi connectivity index (χ0n) is 7.90. The molecule has 1 heterocycles. The summed E-state index contributed by atoms with van der Waals surface area (Å²) < 4.78 is 1.82. The van der Waals surface area contributed by atoms with Gasteiger partial charge < -0.3 is 0 Å². The number of hydrogen-bond donors (Lipinski definition) is 0. The molecule has 0 radical (unpaired) electrons. The molecule has 13 heavy (non-hydrogen) atoms. The molecule has 1 aromatic rings. The lowest BCUT2D eigenvalue weighted by Gasteiger charge is -2.16. The van der Waals surface area contributed by atoms with Gasteiger partial charge in [0.1, 0.15) is 0 Å². The van der Waals surface area contributed by atoms with Gasteiger partial charge in [0.2, 0.25) is 6.08 Å². The summed E-state index contributed by atoms with van der Waals surface area (Å²) in [6.45, 7) is 4.58. The minimum atomic E-state index is -0.340. The Morgan fingerprint density at radius 3 is 2.92 bits per heavy atom. The van der Waals surface area contributed by atoms with E-state index in [0.717, 1.165) is 13.0 Å². The highest BCUT2D eigenvalue weighted by atomic mass is 16.1. The van der Waals surface area contributed by atoms with Crippen molar-refractivity contribution in [2.75, 3.05) is 0 Å². The SMILES string of the molecule is CC(C)(CCn1cccn1)N=C=O. The van der Waals surface area contributed by atoms with Crippen LogP contribution in [0.3, 0.4) is 0 Å². The summed E-state index contributed by atoms with van der Waals surface area (Å²) in [6.07, 6.45) is 5.99. The van der Waals surface area contributed by atoms with E-state index in [-0.39, 0.29) is 5.54 Å². The van der Waals surface area contributed by atoms with Gasteiger partial charge in [-0.3, -0.25) is 4.68 Å². The molecule has 70 valence electrons. The third kappa shape index (κ3) is 3.22. The summed E-state index contributed by atoms with van der Waals surface area (Å²) in [5.74, 6) is 0. The van der Waals surface area contributed by atoms with Gasteiger partial charge in [-0.15, -0.1) is 0 Å². The van der Waals surface area contributed by atoms with Crippen LogP contribution in [0.25, 0.3) is 0 Å². The highest BCUT2D eigenvalue weighted by Crippen LogP contribution is 2.13. The molecule has 4 nitrogen and oxygen atoms in total. The maximum absolute atomic E-state index is 10.1. The van der Waals surface area contributed by atoms with Gasteiger partial charge in [0.25, 0.3) is 0 Å². The fourth-order valence-electron chi connectivity index (χ4n) is 1.00. The molecule has 0 bridgehead atoms. The van der Waals surface area contributed by atoms with Crippen molar-refractivity contribution < 1.29 is 4.79 Å². The maximum atomic E-state index is 10.1. The minimum absolute atomic E-state index is 0.340. The van der Waals surface area contributed by atoms with E-state index in [1.54, 1.807) is 12.3 Å². The van der Waals surface area contributed by atoms with Crippen molar-refractivity contribution in [3.63, 3.8) is 0 Å². The van der Waals surface area contributed by atoms with Gasteiger partial charge >= 0.3 is 0 Å². The van der Waals surface area contributed by atoms with Gasteiger partial charge in [0.05, 0.1) is 5.54 Å². The lowest BCUT2D eigenvalue weighted by Crippen LogP contribution is -2.19. The normalized spacial score (nSPS) is 10.9. The van der Waals surface area contributed by atoms with Crippen molar-refractivity contribution in [2.24, 2.45) is 4.99 Å². The number of aromatic nitrogens is 2. The van der Waals surface area contributed by atoms with Crippen molar-refractivity contribution in [2.45, 2.75) is 32.4 Å². The Labute approximate surface area is 77.3 Å². The molecular formula is C9H13N3O. The van der Waals surface area contributed by atoms with Crippen LogP contribution >= 0.6 is 0 Å². The van der Waals surface area contributed by atoms with Gasteiger partial charge in [-0.05, 0) is 26.3 Å². The molecule has 0 saturated carbocycles. The number of aryl methyl sites for hydroxylation is 1. The van der Waals surface area contributed by atoms with Crippen LogP contribution in [-0.2, 0) is 11.3 Å². The number of hydrogen-bond acceptors (Lipinski definition) is 3. The Kier molecular flexibility index (Phi) is 2.98. The van der Waals surface area contributed by atoms with Crippen LogP contribution < -0.4 is 0 Å². The highest BCUT2D eigenvalue weighted by molar-refractivity contribution is 5.34. The summed E-state index contributed by atoms with van der Waals surface area (Å²) in [5, 5.41) is 4.06. The third-order valence-electron chi connectivity index (χ3n) is 1.86. The quantitative estimate of drug-likeness (QED) is 0.518. The van der Waals surface area contributed by atoms with E-state index in [1.807, 2.05) is 30.8 Å². The zero-order chi connectivity index (χ0) is 9.73. The van der Waals surface area contributed by atoms with E-state index in [9.17, 15) is 4.79 Å². The van der Waals surface area contributed by atoms with E-state index < -0.39 is 0 Å². The second-order valence-electron chi connectivity index (χ2n) is 3.53. The Hall–Kier alpha value is -1.41. The van der Waals surface area contributed by atoms with E-state index in [2.05, 4.69) is 10.1 Å². The van der Waals surface area contributed by atoms with Crippen LogP contribution in [0.1, 0.15) is 20.3 Å². The van der Waals surface area contributed by atoms with Crippen molar-refractivity contribution in [1.82, 2.24) is 9.78 Å². The minimum Gasteiger partial charge on any atom is -0.273 e. The van der Waals surface area contributed by atoms with Gasteiger partial charge in [-0.25, -0.2) is 4.79 Å². The van der Waals surface area contributed by atoms with Crippen LogP contribution in [0.4, 0.5) is 0 Å². The molecule has 0 fully saturated rings. The molecule has 0 N–H and O–H groups in total. The van der Waals surface area contributed by atoms with Crippen molar-refractivity contribution in [3.8, 4) is 0 Å². The van der Waals surface area contributed by atoms with Crippen LogP contribution in [0.2, 0.25) is 0 Å². The molecule has 0 aromatic carbocycles. The van der Waals surface area contributed by atoms with Crippen molar-refractivity contribution in [1.29, 1.82) is 0 Å². The Morgan fingerprint density at radius 1 is 1.62 bits per heavy atom. The van der Waals surface area contributed by atoms with E-state index in [1.165, 1.54) is 0 Å². The van der Waals surface area contributed by atoms with Crippen molar-refractivity contribution in [3.05, 3.63) is 18.5 Å². The standard InChI is InChI=1S/C9H13N3O/c1-9(2,10-8-13)4-7-12-6-3-5-11-12/h3,5-6H,4,7H2,1-2H3. The van der Waals surface area contributed by atoms with Crippen molar-refractivity contribution >= 4 is 6.08 Å². The fourth-order valence-corrected chi connectivity index (χ4v) is 1.00. The number of isocyanates is 1. The summed E-state index contributed by atoms with van der Waals surface area (Å²) in [4.78, 5) is 13.8. The monoisotopic (exact) mass is 179 g/mol. The molecule has 0 atom stereocenters. The van der Waals surface area contributed by atoms with E-state index in [0.29, 0.717) is 0 Å². The summed E-state index contributed by atoms with van der Waals surface area (Å²) in [7, 11) is 0. The molecule has 4 heteroatoms. The Morgan fingerprint density at radius 2 is 2.38 bits per heavy atom. The van der Waals surface area contributed by atoms with E-state index >= 15 is 0 Å². The molecule has 0 aliphatic heterocycles. The summed E-state index contributed by atoms with van der Waals surface area (Å²) in [6, 6.07) is 1.87. The second-order valence-corrected chi connectivity index (χ2v) is 3.53. The number of rotatable bonds is 4. The first-order valence-corrected chi connectivity index (χ1v) is 4.20. The average molecular weight is 179 g/mol. The molecular weight excluding hydrogens is 166 g/mol. The van der Waals surface area contributed by atoms with Crippen LogP contribution in [-0.4, -0.2) is 21.4 Å². The summed E-state index contributed by atoms with van der Waals surface area (Å²) in [5.41, 5.74) is -0.340. The maximum Gasteiger partial charge on any atom is 0.235 e. The molecule has 0 saturated heterocycles.